The summed E-state index contributed by atoms with van der Waals surface area (Å²) in [5, 5.41) is 8.64. The Balaban J connectivity index is 2.84. The Kier molecular flexibility index (Phi) is 2.67. The van der Waals surface area contributed by atoms with Gasteiger partial charge in [0.2, 0.25) is 0 Å². The molecule has 88 valence electrons. The molecule has 2 rings (SSSR count). The summed E-state index contributed by atoms with van der Waals surface area (Å²) in [4.78, 5) is 3.78. The number of nitriles is 1. The van der Waals surface area contributed by atoms with E-state index in [1.807, 2.05) is 0 Å². The molecule has 0 saturated heterocycles. The first-order valence-electron chi connectivity index (χ1n) is 4.42. The molecule has 1 heterocycles. The summed E-state index contributed by atoms with van der Waals surface area (Å²) >= 11 is 0.708. The smallest absolute Gasteiger partial charge is 0.421 e. The number of nitrogens with zero attached hydrogens (tertiary/aromatic N) is 2. The van der Waals surface area contributed by atoms with Crippen LogP contribution < -0.4 is 4.74 Å². The molecule has 7 heteroatoms. The minimum Gasteiger partial charge on any atom is -0.496 e. The SMILES string of the molecule is COc1ccc2nc(C#N)sc2c1C(F)(F)F. The van der Waals surface area contributed by atoms with Crippen LogP contribution in [0.1, 0.15) is 10.6 Å². The molecule has 0 spiro atoms. The third-order valence-corrected chi connectivity index (χ3v) is 3.11. The molecule has 1 aromatic heterocycles. The largest absolute Gasteiger partial charge is 0.496 e. The van der Waals surface area contributed by atoms with E-state index in [-0.39, 0.29) is 21.0 Å². The van der Waals surface area contributed by atoms with Crippen molar-refractivity contribution in [3.8, 4) is 11.8 Å². The van der Waals surface area contributed by atoms with Gasteiger partial charge in [-0.05, 0) is 12.1 Å². The predicted octanol–water partition coefficient (Wildman–Crippen LogP) is 3.20. The van der Waals surface area contributed by atoms with Gasteiger partial charge in [0.15, 0.2) is 5.01 Å². The number of fused-ring (bicyclic) bond motifs is 1. The maximum Gasteiger partial charge on any atom is 0.421 e. The van der Waals surface area contributed by atoms with E-state index in [0.717, 1.165) is 0 Å². The van der Waals surface area contributed by atoms with Gasteiger partial charge in [0.1, 0.15) is 17.4 Å². The van der Waals surface area contributed by atoms with Gasteiger partial charge >= 0.3 is 6.18 Å². The number of methoxy groups -OCH3 is 1. The zero-order chi connectivity index (χ0) is 12.6. The van der Waals surface area contributed by atoms with Gasteiger partial charge in [0.05, 0.1) is 17.3 Å². The summed E-state index contributed by atoms with van der Waals surface area (Å²) in [5.74, 6) is -0.266. The van der Waals surface area contributed by atoms with E-state index in [2.05, 4.69) is 4.98 Å². The Bertz CT molecular complexity index is 612. The average molecular weight is 258 g/mol. The lowest BCUT2D eigenvalue weighted by Gasteiger charge is -2.11. The molecule has 0 aliphatic carbocycles. The summed E-state index contributed by atoms with van der Waals surface area (Å²) in [6, 6.07) is 4.34. The van der Waals surface area contributed by atoms with Gasteiger partial charge in [-0.15, -0.1) is 11.3 Å². The maximum atomic E-state index is 12.9. The molecule has 0 amide bonds. The molecule has 0 atom stereocenters. The quantitative estimate of drug-likeness (QED) is 0.789. The Morgan fingerprint density at radius 3 is 2.65 bits per heavy atom. The first-order chi connectivity index (χ1) is 7.97. The van der Waals surface area contributed by atoms with E-state index < -0.39 is 11.7 Å². The number of hydrogen-bond acceptors (Lipinski definition) is 4. The third-order valence-electron chi connectivity index (χ3n) is 2.12. The Hall–Kier alpha value is -1.81. The van der Waals surface area contributed by atoms with E-state index in [0.29, 0.717) is 11.3 Å². The van der Waals surface area contributed by atoms with Crippen LogP contribution in [0.25, 0.3) is 10.2 Å². The Morgan fingerprint density at radius 1 is 1.41 bits per heavy atom. The highest BCUT2D eigenvalue weighted by Gasteiger charge is 2.37. The van der Waals surface area contributed by atoms with Gasteiger partial charge in [0.25, 0.3) is 0 Å². The van der Waals surface area contributed by atoms with Crippen LogP contribution in [0.5, 0.6) is 5.75 Å². The van der Waals surface area contributed by atoms with Crippen molar-refractivity contribution in [3.05, 3.63) is 22.7 Å². The molecule has 17 heavy (non-hydrogen) atoms. The van der Waals surface area contributed by atoms with E-state index in [9.17, 15) is 13.2 Å². The van der Waals surface area contributed by atoms with E-state index in [1.165, 1.54) is 19.2 Å². The molecule has 1 aromatic carbocycles. The van der Waals surface area contributed by atoms with Crippen molar-refractivity contribution in [2.24, 2.45) is 0 Å². The van der Waals surface area contributed by atoms with Crippen molar-refractivity contribution < 1.29 is 17.9 Å². The summed E-state index contributed by atoms with van der Waals surface area (Å²) in [7, 11) is 1.17. The number of alkyl halides is 3. The van der Waals surface area contributed by atoms with Gasteiger partial charge in [-0.1, -0.05) is 0 Å². The maximum absolute atomic E-state index is 12.9. The van der Waals surface area contributed by atoms with E-state index in [4.69, 9.17) is 10.00 Å². The molecule has 0 aliphatic rings. The molecule has 0 aliphatic heterocycles. The highest BCUT2D eigenvalue weighted by Crippen LogP contribution is 2.43. The van der Waals surface area contributed by atoms with Crippen molar-refractivity contribution >= 4 is 21.6 Å². The van der Waals surface area contributed by atoms with Gasteiger partial charge in [-0.3, -0.25) is 0 Å². The zero-order valence-electron chi connectivity index (χ0n) is 8.50. The normalized spacial score (nSPS) is 11.5. The predicted molar refractivity (Wildman–Crippen MR) is 55.9 cm³/mol. The molecule has 0 radical (unpaired) electrons. The molecule has 0 bridgehead atoms. The minimum atomic E-state index is -4.54. The highest BCUT2D eigenvalue weighted by atomic mass is 32.1. The molecule has 2 aromatic rings. The lowest BCUT2D eigenvalue weighted by atomic mass is 10.2. The zero-order valence-corrected chi connectivity index (χ0v) is 9.32. The average Bonchev–Trinajstić information content (AvgIpc) is 2.68. The van der Waals surface area contributed by atoms with Crippen LogP contribution in [-0.2, 0) is 6.18 Å². The van der Waals surface area contributed by atoms with Crippen molar-refractivity contribution in [3.63, 3.8) is 0 Å². The van der Waals surface area contributed by atoms with Crippen LogP contribution in [0.2, 0.25) is 0 Å². The topological polar surface area (TPSA) is 45.9 Å². The second-order valence-electron chi connectivity index (χ2n) is 3.12. The lowest BCUT2D eigenvalue weighted by Crippen LogP contribution is -2.07. The van der Waals surface area contributed by atoms with Crippen LogP contribution in [-0.4, -0.2) is 12.1 Å². The van der Waals surface area contributed by atoms with Crippen molar-refractivity contribution in [2.45, 2.75) is 6.18 Å². The molecule has 0 saturated carbocycles. The Morgan fingerprint density at radius 2 is 2.12 bits per heavy atom. The summed E-state index contributed by atoms with van der Waals surface area (Å²) in [5.41, 5.74) is -0.726. The van der Waals surface area contributed by atoms with Crippen LogP contribution in [0.4, 0.5) is 13.2 Å². The summed E-state index contributed by atoms with van der Waals surface area (Å²) in [6.07, 6.45) is -4.54. The fourth-order valence-corrected chi connectivity index (χ4v) is 2.38. The number of benzene rings is 1. The molecular formula is C10H5F3N2OS. The third kappa shape index (κ3) is 1.91. The lowest BCUT2D eigenvalue weighted by molar-refractivity contribution is -0.137. The van der Waals surface area contributed by atoms with Crippen molar-refractivity contribution in [2.75, 3.05) is 7.11 Å². The van der Waals surface area contributed by atoms with Crippen LogP contribution >= 0.6 is 11.3 Å². The van der Waals surface area contributed by atoms with Crippen LogP contribution in [0, 0.1) is 11.3 Å². The number of rotatable bonds is 1. The molecule has 0 unspecified atom stereocenters. The number of aromatic nitrogens is 1. The molecule has 3 nitrogen and oxygen atoms in total. The summed E-state index contributed by atoms with van der Waals surface area (Å²) < 4.78 is 43.3. The van der Waals surface area contributed by atoms with Crippen LogP contribution in [0.3, 0.4) is 0 Å². The summed E-state index contributed by atoms with van der Waals surface area (Å²) in [6.45, 7) is 0. The number of hydrogen-bond donors (Lipinski definition) is 0. The number of halogens is 3. The van der Waals surface area contributed by atoms with Gasteiger partial charge in [0, 0.05) is 0 Å². The second kappa shape index (κ2) is 3.89. The Labute approximate surface area is 98.1 Å². The minimum absolute atomic E-state index is 0.00115. The number of thiazole rings is 1. The fraction of sp³-hybridized carbons (Fsp3) is 0.200. The molecular weight excluding hydrogens is 253 g/mol. The molecule has 0 N–H and O–H groups in total. The standard InChI is InChI=1S/C10H5F3N2OS/c1-16-6-3-2-5-9(8(6)10(11,12)13)17-7(4-14)15-5/h2-3H,1H3. The fourth-order valence-electron chi connectivity index (χ4n) is 1.46. The molecule has 0 fully saturated rings. The first-order valence-corrected chi connectivity index (χ1v) is 5.24. The first kappa shape index (κ1) is 11.7. The van der Waals surface area contributed by atoms with E-state index in [1.54, 1.807) is 6.07 Å². The monoisotopic (exact) mass is 258 g/mol. The second-order valence-corrected chi connectivity index (χ2v) is 4.12. The van der Waals surface area contributed by atoms with Gasteiger partial charge in [-0.2, -0.15) is 18.4 Å². The van der Waals surface area contributed by atoms with Crippen molar-refractivity contribution in [1.29, 1.82) is 5.26 Å². The highest BCUT2D eigenvalue weighted by molar-refractivity contribution is 7.19. The number of ether oxygens (including phenoxy) is 1. The van der Waals surface area contributed by atoms with E-state index >= 15 is 0 Å². The van der Waals surface area contributed by atoms with Crippen LogP contribution in [0.15, 0.2) is 12.1 Å². The van der Waals surface area contributed by atoms with Gasteiger partial charge < -0.3 is 4.74 Å². The van der Waals surface area contributed by atoms with Gasteiger partial charge in [-0.25, -0.2) is 4.98 Å². The van der Waals surface area contributed by atoms with Crippen molar-refractivity contribution in [1.82, 2.24) is 4.98 Å².